The molecule has 1 heteroatoms. The van der Waals surface area contributed by atoms with Crippen LogP contribution in [0.2, 0.25) is 0 Å². The van der Waals surface area contributed by atoms with Gasteiger partial charge in [0.1, 0.15) is 5.78 Å². The van der Waals surface area contributed by atoms with Crippen molar-refractivity contribution in [3.05, 3.63) is 0 Å². The van der Waals surface area contributed by atoms with Gasteiger partial charge in [-0.25, -0.2) is 0 Å². The van der Waals surface area contributed by atoms with Crippen molar-refractivity contribution in [2.75, 3.05) is 0 Å². The maximum Gasteiger partial charge on any atom is 0.132 e. The number of Topliss-reactive ketones (excluding diaryl/α,β-unsaturated/α-hetero) is 1. The molecular weight excluding hydrogens is 136 g/mol. The third-order valence-corrected chi connectivity index (χ3v) is 2.69. The molecule has 1 fully saturated rings. The van der Waals surface area contributed by atoms with E-state index in [1.807, 2.05) is 0 Å². The highest BCUT2D eigenvalue weighted by Crippen LogP contribution is 2.35. The molecule has 0 aromatic carbocycles. The number of carbonyl (C=O) groups is 1. The Morgan fingerprint density at radius 2 is 2.18 bits per heavy atom. The van der Waals surface area contributed by atoms with Gasteiger partial charge in [0.05, 0.1) is 0 Å². The van der Waals surface area contributed by atoms with Crippen molar-refractivity contribution in [1.82, 2.24) is 0 Å². The molecule has 1 nitrogen and oxygen atoms in total. The van der Waals surface area contributed by atoms with Gasteiger partial charge in [0.15, 0.2) is 0 Å². The smallest absolute Gasteiger partial charge is 0.132 e. The van der Waals surface area contributed by atoms with Gasteiger partial charge in [-0.05, 0) is 32.1 Å². The maximum atomic E-state index is 11.0. The maximum absolute atomic E-state index is 11.0. The van der Waals surface area contributed by atoms with Gasteiger partial charge in [-0.2, -0.15) is 0 Å². The second-order valence-corrected chi connectivity index (χ2v) is 3.74. The largest absolute Gasteiger partial charge is 0.300 e. The minimum absolute atomic E-state index is 0.357. The fourth-order valence-electron chi connectivity index (χ4n) is 1.54. The molecule has 1 saturated carbocycles. The van der Waals surface area contributed by atoms with Gasteiger partial charge in [-0.3, -0.25) is 4.79 Å². The van der Waals surface area contributed by atoms with Crippen molar-refractivity contribution in [1.29, 1.82) is 0 Å². The molecule has 0 heterocycles. The summed E-state index contributed by atoms with van der Waals surface area (Å²) in [4.78, 5) is 11.0. The molecule has 1 atom stereocenters. The number of ketones is 1. The van der Waals surface area contributed by atoms with Gasteiger partial charge >= 0.3 is 0 Å². The Balaban J connectivity index is 2.13. The minimum atomic E-state index is 0.357. The predicted molar refractivity (Wildman–Crippen MR) is 46.4 cm³/mol. The first-order chi connectivity index (χ1) is 5.24. The summed E-state index contributed by atoms with van der Waals surface area (Å²) in [5, 5.41) is 0. The van der Waals surface area contributed by atoms with Crippen molar-refractivity contribution >= 4 is 5.78 Å². The van der Waals surface area contributed by atoms with Crippen LogP contribution in [0.25, 0.3) is 0 Å². The van der Waals surface area contributed by atoms with Crippen LogP contribution in [-0.4, -0.2) is 5.78 Å². The first-order valence-corrected chi connectivity index (χ1v) is 4.74. The van der Waals surface area contributed by atoms with Crippen LogP contribution in [-0.2, 0) is 4.79 Å². The van der Waals surface area contributed by atoms with E-state index < -0.39 is 0 Å². The summed E-state index contributed by atoms with van der Waals surface area (Å²) in [5.41, 5.74) is 0. The van der Waals surface area contributed by atoms with Crippen LogP contribution in [0, 0.1) is 11.8 Å². The zero-order valence-corrected chi connectivity index (χ0v) is 7.60. The van der Waals surface area contributed by atoms with Crippen molar-refractivity contribution in [3.8, 4) is 0 Å². The van der Waals surface area contributed by atoms with Crippen molar-refractivity contribution < 1.29 is 4.79 Å². The third-order valence-electron chi connectivity index (χ3n) is 2.69. The Bertz CT molecular complexity index is 136. The highest BCUT2D eigenvalue weighted by Gasteiger charge is 2.23. The van der Waals surface area contributed by atoms with Crippen molar-refractivity contribution in [2.45, 2.75) is 46.0 Å². The molecule has 1 unspecified atom stereocenters. The van der Waals surface area contributed by atoms with E-state index in [9.17, 15) is 4.79 Å². The monoisotopic (exact) mass is 154 g/mol. The molecule has 0 amide bonds. The van der Waals surface area contributed by atoms with Gasteiger partial charge in [-0.1, -0.05) is 19.8 Å². The first kappa shape index (κ1) is 8.76. The van der Waals surface area contributed by atoms with Crippen molar-refractivity contribution in [3.63, 3.8) is 0 Å². The van der Waals surface area contributed by atoms with E-state index in [1.165, 1.54) is 19.3 Å². The number of rotatable bonds is 5. The van der Waals surface area contributed by atoms with Gasteiger partial charge in [-0.15, -0.1) is 0 Å². The molecule has 0 N–H and O–H groups in total. The van der Waals surface area contributed by atoms with E-state index in [1.54, 1.807) is 6.92 Å². The highest BCUT2D eigenvalue weighted by atomic mass is 16.1. The third kappa shape index (κ3) is 3.04. The topological polar surface area (TPSA) is 17.1 Å². The van der Waals surface area contributed by atoms with Crippen LogP contribution in [0.3, 0.4) is 0 Å². The molecule has 0 spiro atoms. The van der Waals surface area contributed by atoms with Crippen LogP contribution in [0.5, 0.6) is 0 Å². The zero-order chi connectivity index (χ0) is 8.27. The normalized spacial score (nSPS) is 19.8. The molecule has 1 rings (SSSR count). The summed E-state index contributed by atoms with van der Waals surface area (Å²) >= 11 is 0. The average Bonchev–Trinajstić information content (AvgIpc) is 2.72. The Kier molecular flexibility index (Phi) is 3.10. The fraction of sp³-hybridized carbons (Fsp3) is 0.900. The number of hydrogen-bond donors (Lipinski definition) is 0. The number of carbonyl (C=O) groups excluding carboxylic acids is 1. The standard InChI is InChI=1S/C10H18O/c1-3-10(8(2)11)7-6-9-4-5-9/h9-10H,3-7H2,1-2H3. The molecule has 1 aliphatic rings. The van der Waals surface area contributed by atoms with E-state index >= 15 is 0 Å². The Morgan fingerprint density at radius 1 is 1.55 bits per heavy atom. The van der Waals surface area contributed by atoms with Gasteiger partial charge in [0.25, 0.3) is 0 Å². The molecule has 0 bridgehead atoms. The Hall–Kier alpha value is -0.330. The molecule has 1 aliphatic carbocycles. The highest BCUT2D eigenvalue weighted by molar-refractivity contribution is 5.78. The number of hydrogen-bond acceptors (Lipinski definition) is 1. The molecule has 11 heavy (non-hydrogen) atoms. The lowest BCUT2D eigenvalue weighted by atomic mass is 9.95. The van der Waals surface area contributed by atoms with Crippen LogP contribution >= 0.6 is 0 Å². The molecule has 0 saturated heterocycles. The second kappa shape index (κ2) is 3.89. The zero-order valence-electron chi connectivity index (χ0n) is 7.60. The second-order valence-electron chi connectivity index (χ2n) is 3.74. The molecule has 0 aromatic rings. The van der Waals surface area contributed by atoms with E-state index in [0.29, 0.717) is 11.7 Å². The first-order valence-electron chi connectivity index (χ1n) is 4.74. The minimum Gasteiger partial charge on any atom is -0.300 e. The van der Waals surface area contributed by atoms with Gasteiger partial charge < -0.3 is 0 Å². The van der Waals surface area contributed by atoms with E-state index in [0.717, 1.165) is 18.8 Å². The fourth-order valence-corrected chi connectivity index (χ4v) is 1.54. The Morgan fingerprint density at radius 3 is 2.55 bits per heavy atom. The Labute approximate surface area is 69.2 Å². The lowest BCUT2D eigenvalue weighted by molar-refractivity contribution is -0.121. The summed E-state index contributed by atoms with van der Waals surface area (Å²) in [6.45, 7) is 3.83. The van der Waals surface area contributed by atoms with E-state index in [-0.39, 0.29) is 0 Å². The van der Waals surface area contributed by atoms with Crippen LogP contribution in [0.15, 0.2) is 0 Å². The summed E-state index contributed by atoms with van der Waals surface area (Å²) in [6.07, 6.45) is 6.28. The molecular formula is C10H18O. The van der Waals surface area contributed by atoms with E-state index in [2.05, 4.69) is 6.92 Å². The van der Waals surface area contributed by atoms with Crippen LogP contribution in [0.1, 0.15) is 46.0 Å². The molecule has 0 radical (unpaired) electrons. The lowest BCUT2D eigenvalue weighted by Gasteiger charge is -2.09. The van der Waals surface area contributed by atoms with Crippen molar-refractivity contribution in [2.24, 2.45) is 11.8 Å². The molecule has 0 aromatic heterocycles. The van der Waals surface area contributed by atoms with Crippen LogP contribution < -0.4 is 0 Å². The quantitative estimate of drug-likeness (QED) is 0.595. The summed E-state index contributed by atoms with van der Waals surface area (Å²) in [5.74, 6) is 1.71. The molecule has 0 aliphatic heterocycles. The predicted octanol–water partition coefficient (Wildman–Crippen LogP) is 2.79. The summed E-state index contributed by atoms with van der Waals surface area (Å²) < 4.78 is 0. The van der Waals surface area contributed by atoms with Gasteiger partial charge in [0.2, 0.25) is 0 Å². The molecule has 64 valence electrons. The van der Waals surface area contributed by atoms with Crippen LogP contribution in [0.4, 0.5) is 0 Å². The SMILES string of the molecule is CCC(CCC1CC1)C(C)=O. The average molecular weight is 154 g/mol. The van der Waals surface area contributed by atoms with Gasteiger partial charge in [0, 0.05) is 5.92 Å². The lowest BCUT2D eigenvalue weighted by Crippen LogP contribution is -2.09. The van der Waals surface area contributed by atoms with E-state index in [4.69, 9.17) is 0 Å². The summed E-state index contributed by atoms with van der Waals surface area (Å²) in [7, 11) is 0. The summed E-state index contributed by atoms with van der Waals surface area (Å²) in [6, 6.07) is 0.